The van der Waals surface area contributed by atoms with E-state index >= 15 is 0 Å². The van der Waals surface area contributed by atoms with Crippen LogP contribution in [-0.4, -0.2) is 14.2 Å². The lowest BCUT2D eigenvalue weighted by Gasteiger charge is -2.15. The molecule has 0 amide bonds. The van der Waals surface area contributed by atoms with Crippen molar-refractivity contribution in [3.63, 3.8) is 0 Å². The zero-order valence-electron chi connectivity index (χ0n) is 10.9. The molecule has 2 rings (SSSR count). The molecule has 100 valence electrons. The van der Waals surface area contributed by atoms with Crippen molar-refractivity contribution in [2.45, 2.75) is 6.04 Å². The van der Waals surface area contributed by atoms with Crippen molar-refractivity contribution in [1.29, 1.82) is 0 Å². The largest absolute Gasteiger partial charge is 0.497 e. The summed E-state index contributed by atoms with van der Waals surface area (Å²) in [6.45, 7) is 0. The van der Waals surface area contributed by atoms with Gasteiger partial charge >= 0.3 is 0 Å². The van der Waals surface area contributed by atoms with Crippen LogP contribution in [0.2, 0.25) is 0 Å². The van der Waals surface area contributed by atoms with Gasteiger partial charge in [-0.05, 0) is 35.4 Å². The van der Waals surface area contributed by atoms with Gasteiger partial charge in [0.25, 0.3) is 0 Å². The van der Waals surface area contributed by atoms with Crippen LogP contribution in [-0.2, 0) is 0 Å². The molecular weight excluding hydrogens is 306 g/mol. The van der Waals surface area contributed by atoms with Gasteiger partial charge in [0.05, 0.1) is 20.3 Å². The molecule has 0 aliphatic heterocycles. The van der Waals surface area contributed by atoms with Crippen molar-refractivity contribution < 1.29 is 9.47 Å². The van der Waals surface area contributed by atoms with E-state index in [9.17, 15) is 0 Å². The van der Waals surface area contributed by atoms with Crippen LogP contribution in [0, 0.1) is 0 Å². The maximum atomic E-state index is 6.29. The number of rotatable bonds is 4. The smallest absolute Gasteiger partial charge is 0.122 e. The van der Waals surface area contributed by atoms with Gasteiger partial charge < -0.3 is 15.2 Å². The lowest BCUT2D eigenvalue weighted by molar-refractivity contribution is 0.393. The standard InChI is InChI=1S/C15H16BrNO2/c1-18-13-7-11(8-14(9-13)19-2)15(17)10-3-5-12(16)6-4-10/h3-9,15H,17H2,1-2H3. The Morgan fingerprint density at radius 2 is 1.42 bits per heavy atom. The minimum absolute atomic E-state index is 0.211. The molecule has 3 nitrogen and oxygen atoms in total. The second-order valence-electron chi connectivity index (χ2n) is 4.18. The summed E-state index contributed by atoms with van der Waals surface area (Å²) >= 11 is 3.42. The summed E-state index contributed by atoms with van der Waals surface area (Å²) in [5, 5.41) is 0. The Kier molecular flexibility index (Phi) is 4.45. The highest BCUT2D eigenvalue weighted by atomic mass is 79.9. The molecule has 0 aromatic heterocycles. The number of hydrogen-bond donors (Lipinski definition) is 1. The molecule has 1 atom stereocenters. The first-order chi connectivity index (χ1) is 9.13. The highest BCUT2D eigenvalue weighted by Crippen LogP contribution is 2.29. The van der Waals surface area contributed by atoms with Crippen molar-refractivity contribution in [2.24, 2.45) is 5.73 Å². The topological polar surface area (TPSA) is 44.5 Å². The van der Waals surface area contributed by atoms with Crippen LogP contribution in [0.15, 0.2) is 46.9 Å². The number of nitrogens with two attached hydrogens (primary N) is 1. The van der Waals surface area contributed by atoms with E-state index in [2.05, 4.69) is 15.9 Å². The Balaban J connectivity index is 2.37. The van der Waals surface area contributed by atoms with Crippen molar-refractivity contribution in [2.75, 3.05) is 14.2 Å². The highest BCUT2D eigenvalue weighted by Gasteiger charge is 2.11. The maximum Gasteiger partial charge on any atom is 0.122 e. The molecule has 0 bridgehead atoms. The SMILES string of the molecule is COc1cc(OC)cc(C(N)c2ccc(Br)cc2)c1. The molecule has 1 unspecified atom stereocenters. The first kappa shape index (κ1) is 13.9. The van der Waals surface area contributed by atoms with Crippen LogP contribution in [0.25, 0.3) is 0 Å². The van der Waals surface area contributed by atoms with Crippen LogP contribution >= 0.6 is 15.9 Å². The zero-order valence-corrected chi connectivity index (χ0v) is 12.5. The van der Waals surface area contributed by atoms with E-state index < -0.39 is 0 Å². The van der Waals surface area contributed by atoms with Crippen LogP contribution < -0.4 is 15.2 Å². The van der Waals surface area contributed by atoms with Crippen molar-refractivity contribution in [3.05, 3.63) is 58.1 Å². The van der Waals surface area contributed by atoms with E-state index in [1.807, 2.05) is 42.5 Å². The van der Waals surface area contributed by atoms with Gasteiger partial charge in [0.2, 0.25) is 0 Å². The van der Waals surface area contributed by atoms with Gasteiger partial charge in [-0.2, -0.15) is 0 Å². The minimum Gasteiger partial charge on any atom is -0.497 e. The first-order valence-corrected chi connectivity index (χ1v) is 6.67. The molecule has 0 saturated carbocycles. The fourth-order valence-electron chi connectivity index (χ4n) is 1.87. The number of methoxy groups -OCH3 is 2. The summed E-state index contributed by atoms with van der Waals surface area (Å²) in [5.74, 6) is 1.48. The summed E-state index contributed by atoms with van der Waals surface area (Å²) in [6, 6.07) is 13.4. The summed E-state index contributed by atoms with van der Waals surface area (Å²) < 4.78 is 11.6. The molecular formula is C15H16BrNO2. The quantitative estimate of drug-likeness (QED) is 0.937. The zero-order chi connectivity index (χ0) is 13.8. The Morgan fingerprint density at radius 3 is 1.89 bits per heavy atom. The summed E-state index contributed by atoms with van der Waals surface area (Å²) in [5.41, 5.74) is 8.28. The lowest BCUT2D eigenvalue weighted by atomic mass is 9.99. The Bertz CT molecular complexity index is 532. The number of hydrogen-bond acceptors (Lipinski definition) is 3. The fraction of sp³-hybridized carbons (Fsp3) is 0.200. The van der Waals surface area contributed by atoms with E-state index in [1.165, 1.54) is 0 Å². The molecule has 19 heavy (non-hydrogen) atoms. The van der Waals surface area contributed by atoms with Gasteiger partial charge in [-0.3, -0.25) is 0 Å². The second-order valence-corrected chi connectivity index (χ2v) is 5.09. The normalized spacial score (nSPS) is 12.0. The van der Waals surface area contributed by atoms with Gasteiger partial charge in [0, 0.05) is 10.5 Å². The third-order valence-electron chi connectivity index (χ3n) is 2.96. The number of ether oxygens (including phenoxy) is 2. The van der Waals surface area contributed by atoms with Crippen LogP contribution in [0.4, 0.5) is 0 Å². The van der Waals surface area contributed by atoms with E-state index in [1.54, 1.807) is 14.2 Å². The predicted octanol–water partition coefficient (Wildman–Crippen LogP) is 3.51. The molecule has 0 aliphatic rings. The Morgan fingerprint density at radius 1 is 0.895 bits per heavy atom. The van der Waals surface area contributed by atoms with E-state index in [0.717, 1.165) is 27.1 Å². The van der Waals surface area contributed by atoms with Crippen LogP contribution in [0.1, 0.15) is 17.2 Å². The molecule has 2 aromatic carbocycles. The van der Waals surface area contributed by atoms with Gasteiger partial charge in [0.15, 0.2) is 0 Å². The maximum absolute atomic E-state index is 6.29. The van der Waals surface area contributed by atoms with Gasteiger partial charge in [0.1, 0.15) is 11.5 Å². The minimum atomic E-state index is -0.211. The van der Waals surface area contributed by atoms with Crippen molar-refractivity contribution in [1.82, 2.24) is 0 Å². The number of halogens is 1. The summed E-state index contributed by atoms with van der Waals surface area (Å²) in [4.78, 5) is 0. The first-order valence-electron chi connectivity index (χ1n) is 5.88. The molecule has 2 aromatic rings. The van der Waals surface area contributed by atoms with E-state index in [-0.39, 0.29) is 6.04 Å². The molecule has 0 radical (unpaired) electrons. The average molecular weight is 322 g/mol. The fourth-order valence-corrected chi connectivity index (χ4v) is 2.14. The van der Waals surface area contributed by atoms with Crippen molar-refractivity contribution in [3.8, 4) is 11.5 Å². The molecule has 0 spiro atoms. The van der Waals surface area contributed by atoms with Crippen LogP contribution in [0.5, 0.6) is 11.5 Å². The molecule has 0 heterocycles. The van der Waals surface area contributed by atoms with E-state index in [4.69, 9.17) is 15.2 Å². The Hall–Kier alpha value is -1.52. The lowest BCUT2D eigenvalue weighted by Crippen LogP contribution is -2.12. The van der Waals surface area contributed by atoms with E-state index in [0.29, 0.717) is 0 Å². The summed E-state index contributed by atoms with van der Waals surface area (Å²) in [6.07, 6.45) is 0. The molecule has 0 saturated heterocycles. The van der Waals surface area contributed by atoms with Crippen LogP contribution in [0.3, 0.4) is 0 Å². The van der Waals surface area contributed by atoms with Gasteiger partial charge in [-0.25, -0.2) is 0 Å². The molecule has 0 aliphatic carbocycles. The predicted molar refractivity (Wildman–Crippen MR) is 79.7 cm³/mol. The van der Waals surface area contributed by atoms with Gasteiger partial charge in [-0.15, -0.1) is 0 Å². The average Bonchev–Trinajstić information content (AvgIpc) is 2.46. The molecule has 0 fully saturated rings. The molecule has 4 heteroatoms. The second kappa shape index (κ2) is 6.08. The monoisotopic (exact) mass is 321 g/mol. The van der Waals surface area contributed by atoms with Gasteiger partial charge in [-0.1, -0.05) is 28.1 Å². The third kappa shape index (κ3) is 3.28. The summed E-state index contributed by atoms with van der Waals surface area (Å²) in [7, 11) is 3.26. The molecule has 2 N–H and O–H groups in total. The highest BCUT2D eigenvalue weighted by molar-refractivity contribution is 9.10. The Labute approximate surface area is 121 Å². The number of benzene rings is 2. The third-order valence-corrected chi connectivity index (χ3v) is 3.49. The van der Waals surface area contributed by atoms with Crippen molar-refractivity contribution >= 4 is 15.9 Å².